The summed E-state index contributed by atoms with van der Waals surface area (Å²) >= 11 is 0. The molecule has 7 heteroatoms. The SMILES string of the molecule is COc1cccc(CC(C2CCN(C(=O)Cc3ccc(F)cc3)CC2)N(C)C(=O)c2cccnc2)c1. The first kappa shape index (κ1) is 25.4. The van der Waals surface area contributed by atoms with Crippen molar-refractivity contribution in [1.82, 2.24) is 14.8 Å². The molecule has 1 aliphatic heterocycles. The first-order valence-electron chi connectivity index (χ1n) is 12.3. The number of likely N-dealkylation sites (N-methyl/N-ethyl adjacent to an activating group) is 1. The van der Waals surface area contributed by atoms with Gasteiger partial charge in [-0.1, -0.05) is 24.3 Å². The van der Waals surface area contributed by atoms with Crippen molar-refractivity contribution in [3.05, 3.63) is 95.6 Å². The van der Waals surface area contributed by atoms with Crippen molar-refractivity contribution in [2.24, 2.45) is 5.92 Å². The Balaban J connectivity index is 1.46. The normalized spacial score (nSPS) is 14.8. The number of pyridine rings is 1. The Morgan fingerprint density at radius 3 is 2.50 bits per heavy atom. The van der Waals surface area contributed by atoms with Crippen molar-refractivity contribution in [2.75, 3.05) is 27.2 Å². The van der Waals surface area contributed by atoms with Gasteiger partial charge in [-0.25, -0.2) is 4.39 Å². The van der Waals surface area contributed by atoms with E-state index in [4.69, 9.17) is 4.74 Å². The summed E-state index contributed by atoms with van der Waals surface area (Å²) in [4.78, 5) is 34.0. The molecule has 188 valence electrons. The van der Waals surface area contributed by atoms with Gasteiger partial charge in [0.25, 0.3) is 5.91 Å². The highest BCUT2D eigenvalue weighted by atomic mass is 19.1. The minimum Gasteiger partial charge on any atom is -0.497 e. The van der Waals surface area contributed by atoms with Crippen molar-refractivity contribution in [1.29, 1.82) is 0 Å². The lowest BCUT2D eigenvalue weighted by Gasteiger charge is -2.40. The number of hydrogen-bond donors (Lipinski definition) is 0. The van der Waals surface area contributed by atoms with Gasteiger partial charge in [0.2, 0.25) is 5.91 Å². The Labute approximate surface area is 211 Å². The topological polar surface area (TPSA) is 62.7 Å². The predicted octanol–water partition coefficient (Wildman–Crippen LogP) is 4.39. The fraction of sp³-hybridized carbons (Fsp3) is 0.345. The van der Waals surface area contributed by atoms with Crippen molar-refractivity contribution in [3.63, 3.8) is 0 Å². The Morgan fingerprint density at radius 1 is 1.08 bits per heavy atom. The van der Waals surface area contributed by atoms with Gasteiger partial charge in [-0.05, 0) is 72.7 Å². The van der Waals surface area contributed by atoms with Crippen molar-refractivity contribution < 1.29 is 18.7 Å². The molecule has 2 heterocycles. The number of amides is 2. The van der Waals surface area contributed by atoms with Crippen LogP contribution in [-0.4, -0.2) is 59.9 Å². The van der Waals surface area contributed by atoms with Crippen LogP contribution in [0.5, 0.6) is 5.75 Å². The molecule has 6 nitrogen and oxygen atoms in total. The molecule has 2 aromatic carbocycles. The molecule has 4 rings (SSSR count). The van der Waals surface area contributed by atoms with Gasteiger partial charge in [0.1, 0.15) is 11.6 Å². The third-order valence-corrected chi connectivity index (χ3v) is 7.01. The van der Waals surface area contributed by atoms with Crippen molar-refractivity contribution in [3.8, 4) is 5.75 Å². The number of piperidine rings is 1. The highest BCUT2D eigenvalue weighted by Gasteiger charge is 2.33. The number of aromatic nitrogens is 1. The molecule has 1 atom stereocenters. The maximum absolute atomic E-state index is 13.3. The zero-order valence-electron chi connectivity index (χ0n) is 20.8. The van der Waals surface area contributed by atoms with Gasteiger partial charge < -0.3 is 14.5 Å². The zero-order valence-corrected chi connectivity index (χ0v) is 20.8. The van der Waals surface area contributed by atoms with Crippen LogP contribution >= 0.6 is 0 Å². The molecule has 1 fully saturated rings. The molecule has 0 N–H and O–H groups in total. The fourth-order valence-corrected chi connectivity index (χ4v) is 4.93. The Bertz CT molecular complexity index is 1160. The summed E-state index contributed by atoms with van der Waals surface area (Å²) in [7, 11) is 3.50. The summed E-state index contributed by atoms with van der Waals surface area (Å²) in [5.74, 6) is 0.694. The summed E-state index contributed by atoms with van der Waals surface area (Å²) in [6.45, 7) is 1.27. The van der Waals surface area contributed by atoms with Gasteiger partial charge in [0.15, 0.2) is 0 Å². The zero-order chi connectivity index (χ0) is 25.5. The number of ether oxygens (including phenoxy) is 1. The van der Waals surface area contributed by atoms with E-state index in [1.807, 2.05) is 35.0 Å². The largest absolute Gasteiger partial charge is 0.497 e. The molecular formula is C29H32FN3O3. The van der Waals surface area contributed by atoms with Gasteiger partial charge in [-0.2, -0.15) is 0 Å². The number of carbonyl (C=O) groups excluding carboxylic acids is 2. The second-order valence-corrected chi connectivity index (χ2v) is 9.30. The number of rotatable bonds is 8. The molecule has 0 aliphatic carbocycles. The van der Waals surface area contributed by atoms with Crippen LogP contribution in [0.3, 0.4) is 0 Å². The van der Waals surface area contributed by atoms with E-state index < -0.39 is 0 Å². The third kappa shape index (κ3) is 6.27. The van der Waals surface area contributed by atoms with Crippen molar-refractivity contribution in [2.45, 2.75) is 31.7 Å². The monoisotopic (exact) mass is 489 g/mol. The molecule has 3 aromatic rings. The van der Waals surface area contributed by atoms with Crippen LogP contribution in [0.2, 0.25) is 0 Å². The van der Waals surface area contributed by atoms with E-state index in [-0.39, 0.29) is 36.0 Å². The van der Waals surface area contributed by atoms with E-state index in [1.54, 1.807) is 43.8 Å². The second-order valence-electron chi connectivity index (χ2n) is 9.30. The number of nitrogens with zero attached hydrogens (tertiary/aromatic N) is 3. The van der Waals surface area contributed by atoms with Crippen molar-refractivity contribution >= 4 is 11.8 Å². The lowest BCUT2D eigenvalue weighted by molar-refractivity contribution is -0.132. The summed E-state index contributed by atoms with van der Waals surface area (Å²) in [6.07, 6.45) is 5.80. The number of likely N-dealkylation sites (tertiary alicyclic amines) is 1. The molecule has 0 radical (unpaired) electrons. The molecule has 1 aliphatic rings. The van der Waals surface area contributed by atoms with E-state index in [9.17, 15) is 14.0 Å². The summed E-state index contributed by atoms with van der Waals surface area (Å²) < 4.78 is 18.6. The molecule has 2 amide bonds. The van der Waals surface area contributed by atoms with Gasteiger partial charge >= 0.3 is 0 Å². The molecule has 1 unspecified atom stereocenters. The molecule has 1 saturated heterocycles. The maximum atomic E-state index is 13.3. The van der Waals surface area contributed by atoms with Crippen LogP contribution in [0, 0.1) is 11.7 Å². The molecule has 0 bridgehead atoms. The lowest BCUT2D eigenvalue weighted by atomic mass is 9.84. The third-order valence-electron chi connectivity index (χ3n) is 7.01. The Morgan fingerprint density at radius 2 is 1.83 bits per heavy atom. The van der Waals surface area contributed by atoms with Crippen LogP contribution < -0.4 is 4.74 Å². The highest BCUT2D eigenvalue weighted by Crippen LogP contribution is 2.28. The second kappa shape index (κ2) is 11.8. The number of hydrogen-bond acceptors (Lipinski definition) is 4. The van der Waals surface area contributed by atoms with E-state index >= 15 is 0 Å². The molecule has 0 saturated carbocycles. The maximum Gasteiger partial charge on any atom is 0.255 e. The molecular weight excluding hydrogens is 457 g/mol. The van der Waals surface area contributed by atoms with Crippen LogP contribution in [0.25, 0.3) is 0 Å². The average molecular weight is 490 g/mol. The summed E-state index contributed by atoms with van der Waals surface area (Å²) in [6, 6.07) is 17.5. The minimum atomic E-state index is -0.306. The number of carbonyl (C=O) groups is 2. The fourth-order valence-electron chi connectivity index (χ4n) is 4.93. The molecule has 36 heavy (non-hydrogen) atoms. The van der Waals surface area contributed by atoms with Crippen LogP contribution in [-0.2, 0) is 17.6 Å². The van der Waals surface area contributed by atoms with Crippen LogP contribution in [0.4, 0.5) is 4.39 Å². The number of methoxy groups -OCH3 is 1. The molecule has 1 aromatic heterocycles. The molecule has 0 spiro atoms. The number of benzene rings is 2. The van der Waals surface area contributed by atoms with Crippen LogP contribution in [0.15, 0.2) is 73.1 Å². The van der Waals surface area contributed by atoms with E-state index in [0.29, 0.717) is 25.1 Å². The lowest BCUT2D eigenvalue weighted by Crippen LogP contribution is -2.48. The van der Waals surface area contributed by atoms with E-state index in [0.717, 1.165) is 29.7 Å². The quantitative estimate of drug-likeness (QED) is 0.471. The van der Waals surface area contributed by atoms with E-state index in [1.165, 1.54) is 12.1 Å². The predicted molar refractivity (Wildman–Crippen MR) is 136 cm³/mol. The first-order valence-corrected chi connectivity index (χ1v) is 12.3. The minimum absolute atomic E-state index is 0.0424. The van der Waals surface area contributed by atoms with Gasteiger partial charge in [0.05, 0.1) is 19.1 Å². The highest BCUT2D eigenvalue weighted by molar-refractivity contribution is 5.94. The van der Waals surface area contributed by atoms with E-state index in [2.05, 4.69) is 11.1 Å². The Hall–Kier alpha value is -3.74. The van der Waals surface area contributed by atoms with Gasteiger partial charge in [-0.3, -0.25) is 14.6 Å². The number of halogens is 1. The first-order chi connectivity index (χ1) is 17.4. The average Bonchev–Trinajstić information content (AvgIpc) is 2.93. The van der Waals surface area contributed by atoms with Gasteiger partial charge in [-0.15, -0.1) is 0 Å². The standard InChI is InChI=1S/C29H32FN3O3/c1-32(29(35)24-6-4-14-31-20-24)27(18-22-5-3-7-26(17-22)36-2)23-12-15-33(16-13-23)28(34)19-21-8-10-25(30)11-9-21/h3-11,14,17,20,23,27H,12-13,15-16,18-19H2,1-2H3. The summed E-state index contributed by atoms with van der Waals surface area (Å²) in [5, 5.41) is 0. The smallest absolute Gasteiger partial charge is 0.255 e. The Kier molecular flexibility index (Phi) is 8.31. The van der Waals surface area contributed by atoms with Gasteiger partial charge in [0, 0.05) is 38.6 Å². The summed E-state index contributed by atoms with van der Waals surface area (Å²) in [5.41, 5.74) is 2.46. The van der Waals surface area contributed by atoms with Crippen LogP contribution in [0.1, 0.15) is 34.3 Å².